The molecule has 0 aromatic carbocycles. The lowest BCUT2D eigenvalue weighted by molar-refractivity contribution is -0.138. The van der Waals surface area contributed by atoms with Crippen molar-refractivity contribution in [3.05, 3.63) is 23.3 Å². The van der Waals surface area contributed by atoms with Gasteiger partial charge in [0, 0.05) is 11.7 Å². The van der Waals surface area contributed by atoms with E-state index in [-0.39, 0.29) is 24.2 Å². The molecule has 0 fully saturated rings. The lowest BCUT2D eigenvalue weighted by Crippen LogP contribution is -2.41. The molecule has 0 unspecified atom stereocenters. The summed E-state index contributed by atoms with van der Waals surface area (Å²) < 4.78 is 0. The van der Waals surface area contributed by atoms with E-state index in [9.17, 15) is 9.59 Å². The van der Waals surface area contributed by atoms with Gasteiger partial charge in [-0.1, -0.05) is 0 Å². The van der Waals surface area contributed by atoms with E-state index in [1.54, 1.807) is 33.8 Å². The number of hydrogen-bond acceptors (Lipinski definition) is 4. The van der Waals surface area contributed by atoms with Crippen LogP contribution in [0.5, 0.6) is 0 Å². The molecule has 1 N–H and O–H groups in total. The fraction of sp³-hybridized carbons (Fsp3) is 0.500. The van der Waals surface area contributed by atoms with Crippen molar-refractivity contribution < 1.29 is 14.7 Å². The number of aromatic nitrogens is 2. The maximum Gasteiger partial charge on any atom is 0.323 e. The summed E-state index contributed by atoms with van der Waals surface area (Å²) >= 11 is 0. The molecule has 18 heavy (non-hydrogen) atoms. The molecule has 0 aliphatic heterocycles. The highest BCUT2D eigenvalue weighted by Crippen LogP contribution is 2.08. The van der Waals surface area contributed by atoms with Crippen LogP contribution in [0.4, 0.5) is 0 Å². The summed E-state index contributed by atoms with van der Waals surface area (Å²) in [5.74, 6) is -0.932. The highest BCUT2D eigenvalue weighted by molar-refractivity contribution is 5.94. The third-order valence-corrected chi connectivity index (χ3v) is 2.37. The topological polar surface area (TPSA) is 83.4 Å². The van der Waals surface area contributed by atoms with Gasteiger partial charge in [0.25, 0.3) is 5.91 Å². The molecule has 98 valence electrons. The molecule has 1 heterocycles. The van der Waals surface area contributed by atoms with Crippen LogP contribution in [0.1, 0.15) is 35.9 Å². The Labute approximate surface area is 106 Å². The number of carbonyl (C=O) groups excluding carboxylic acids is 1. The number of hydrogen-bond donors (Lipinski definition) is 1. The van der Waals surface area contributed by atoms with E-state index in [0.29, 0.717) is 11.5 Å². The van der Waals surface area contributed by atoms with Crippen LogP contribution >= 0.6 is 0 Å². The molecule has 0 saturated carbocycles. The molecular weight excluding hydrogens is 234 g/mol. The molecule has 6 nitrogen and oxygen atoms in total. The van der Waals surface area contributed by atoms with Gasteiger partial charge in [-0.3, -0.25) is 9.59 Å². The summed E-state index contributed by atoms with van der Waals surface area (Å²) in [5, 5.41) is 8.81. The SMILES string of the molecule is Cc1cc(C(=O)N(CC(=O)O)C(C)C)nc(C)n1. The van der Waals surface area contributed by atoms with Gasteiger partial charge >= 0.3 is 5.97 Å². The first kappa shape index (κ1) is 14.1. The number of aliphatic carboxylic acids is 1. The van der Waals surface area contributed by atoms with E-state index in [2.05, 4.69) is 9.97 Å². The number of carboxylic acid groups (broad SMARTS) is 1. The average Bonchev–Trinajstić information content (AvgIpc) is 2.23. The average molecular weight is 251 g/mol. The Morgan fingerprint density at radius 3 is 2.39 bits per heavy atom. The third kappa shape index (κ3) is 3.51. The lowest BCUT2D eigenvalue weighted by atomic mass is 10.2. The van der Waals surface area contributed by atoms with Crippen molar-refractivity contribution in [1.82, 2.24) is 14.9 Å². The number of amides is 1. The van der Waals surface area contributed by atoms with E-state index < -0.39 is 5.97 Å². The van der Waals surface area contributed by atoms with Gasteiger partial charge in [-0.2, -0.15) is 0 Å². The maximum absolute atomic E-state index is 12.2. The van der Waals surface area contributed by atoms with Gasteiger partial charge in [0.05, 0.1) is 0 Å². The Bertz CT molecular complexity index is 451. The molecule has 6 heteroatoms. The minimum Gasteiger partial charge on any atom is -0.480 e. The Kier molecular flexibility index (Phi) is 4.36. The molecule has 0 radical (unpaired) electrons. The summed E-state index contributed by atoms with van der Waals surface area (Å²) in [4.78, 5) is 32.4. The summed E-state index contributed by atoms with van der Waals surface area (Å²) in [5.41, 5.74) is 0.917. The Morgan fingerprint density at radius 2 is 1.94 bits per heavy atom. The van der Waals surface area contributed by atoms with Gasteiger partial charge in [-0.15, -0.1) is 0 Å². The predicted molar refractivity (Wildman–Crippen MR) is 65.3 cm³/mol. The quantitative estimate of drug-likeness (QED) is 0.864. The highest BCUT2D eigenvalue weighted by Gasteiger charge is 2.22. The summed E-state index contributed by atoms with van der Waals surface area (Å²) in [6.07, 6.45) is 0. The van der Waals surface area contributed by atoms with Gasteiger partial charge in [0.2, 0.25) is 0 Å². The van der Waals surface area contributed by atoms with Gasteiger partial charge in [-0.05, 0) is 33.8 Å². The monoisotopic (exact) mass is 251 g/mol. The minimum atomic E-state index is -1.04. The van der Waals surface area contributed by atoms with Crippen LogP contribution in [0.25, 0.3) is 0 Å². The fourth-order valence-corrected chi connectivity index (χ4v) is 1.61. The Hall–Kier alpha value is -1.98. The standard InChI is InChI=1S/C12H17N3O3/c1-7(2)15(6-11(16)17)12(18)10-5-8(3)13-9(4)14-10/h5,7H,6H2,1-4H3,(H,16,17). The smallest absolute Gasteiger partial charge is 0.323 e. The van der Waals surface area contributed by atoms with Crippen molar-refractivity contribution in [2.75, 3.05) is 6.54 Å². The molecule has 1 amide bonds. The second-order valence-electron chi connectivity index (χ2n) is 4.36. The second-order valence-corrected chi connectivity index (χ2v) is 4.36. The van der Waals surface area contributed by atoms with E-state index in [4.69, 9.17) is 5.11 Å². The van der Waals surface area contributed by atoms with Crippen LogP contribution in [0.2, 0.25) is 0 Å². The van der Waals surface area contributed by atoms with Crippen LogP contribution in [-0.4, -0.2) is 44.4 Å². The van der Waals surface area contributed by atoms with Crippen molar-refractivity contribution in [2.45, 2.75) is 33.7 Å². The zero-order chi connectivity index (χ0) is 13.9. The highest BCUT2D eigenvalue weighted by atomic mass is 16.4. The Balaban J connectivity index is 3.05. The molecule has 0 bridgehead atoms. The summed E-state index contributed by atoms with van der Waals surface area (Å²) in [6, 6.07) is 1.36. The van der Waals surface area contributed by atoms with Crippen molar-refractivity contribution in [3.8, 4) is 0 Å². The molecular formula is C12H17N3O3. The van der Waals surface area contributed by atoms with Gasteiger partial charge in [0.15, 0.2) is 0 Å². The number of aryl methyl sites for hydroxylation is 2. The fourth-order valence-electron chi connectivity index (χ4n) is 1.61. The number of nitrogens with zero attached hydrogens (tertiary/aromatic N) is 3. The number of rotatable bonds is 4. The maximum atomic E-state index is 12.2. The first-order chi connectivity index (χ1) is 8.31. The molecule has 0 aliphatic carbocycles. The normalized spacial score (nSPS) is 10.5. The molecule has 1 aromatic rings. The number of carbonyl (C=O) groups is 2. The van der Waals surface area contributed by atoms with E-state index in [1.807, 2.05) is 0 Å². The van der Waals surface area contributed by atoms with Crippen molar-refractivity contribution in [2.24, 2.45) is 0 Å². The second kappa shape index (κ2) is 5.57. The van der Waals surface area contributed by atoms with Crippen LogP contribution in [0, 0.1) is 13.8 Å². The molecule has 0 spiro atoms. The lowest BCUT2D eigenvalue weighted by Gasteiger charge is -2.24. The summed E-state index contributed by atoms with van der Waals surface area (Å²) in [7, 11) is 0. The van der Waals surface area contributed by atoms with Gasteiger partial charge in [0.1, 0.15) is 18.1 Å². The van der Waals surface area contributed by atoms with E-state index in [1.165, 1.54) is 4.90 Å². The first-order valence-electron chi connectivity index (χ1n) is 5.66. The third-order valence-electron chi connectivity index (χ3n) is 2.37. The van der Waals surface area contributed by atoms with Crippen LogP contribution in [0.15, 0.2) is 6.07 Å². The largest absolute Gasteiger partial charge is 0.480 e. The zero-order valence-corrected chi connectivity index (χ0v) is 11.0. The molecule has 1 rings (SSSR count). The first-order valence-corrected chi connectivity index (χ1v) is 5.66. The van der Waals surface area contributed by atoms with Gasteiger partial charge < -0.3 is 10.0 Å². The molecule has 1 aromatic heterocycles. The number of carboxylic acids is 1. The van der Waals surface area contributed by atoms with Crippen molar-refractivity contribution in [1.29, 1.82) is 0 Å². The molecule has 0 aliphatic rings. The van der Waals surface area contributed by atoms with E-state index >= 15 is 0 Å². The van der Waals surface area contributed by atoms with Gasteiger partial charge in [-0.25, -0.2) is 9.97 Å². The summed E-state index contributed by atoms with van der Waals surface area (Å²) in [6.45, 7) is 6.66. The van der Waals surface area contributed by atoms with Crippen LogP contribution in [-0.2, 0) is 4.79 Å². The zero-order valence-electron chi connectivity index (χ0n) is 11.0. The molecule has 0 saturated heterocycles. The molecule has 0 atom stereocenters. The minimum absolute atomic E-state index is 0.204. The van der Waals surface area contributed by atoms with Crippen LogP contribution < -0.4 is 0 Å². The van der Waals surface area contributed by atoms with Crippen molar-refractivity contribution in [3.63, 3.8) is 0 Å². The predicted octanol–water partition coefficient (Wildman–Crippen LogP) is 1.03. The van der Waals surface area contributed by atoms with Crippen LogP contribution in [0.3, 0.4) is 0 Å². The van der Waals surface area contributed by atoms with E-state index in [0.717, 1.165) is 0 Å². The van der Waals surface area contributed by atoms with Crippen molar-refractivity contribution >= 4 is 11.9 Å². The Morgan fingerprint density at radius 1 is 1.33 bits per heavy atom.